The third-order valence-corrected chi connectivity index (χ3v) is 2.34. The molecule has 0 spiro atoms. The molecule has 3 N–H and O–H groups in total. The Kier molecular flexibility index (Phi) is 6.00. The monoisotopic (exact) mass is 209 g/mol. The first kappa shape index (κ1) is 12.2. The molecule has 1 aromatic carbocycles. The van der Waals surface area contributed by atoms with Crippen LogP contribution in [0.3, 0.4) is 0 Å². The molecule has 0 aliphatic heterocycles. The van der Waals surface area contributed by atoms with E-state index in [9.17, 15) is 0 Å². The van der Waals surface area contributed by atoms with Crippen LogP contribution in [0.4, 0.5) is 0 Å². The van der Waals surface area contributed by atoms with Gasteiger partial charge in [0.25, 0.3) is 0 Å². The highest BCUT2D eigenvalue weighted by Gasteiger charge is 2.05. The van der Waals surface area contributed by atoms with Gasteiger partial charge in [0, 0.05) is 6.61 Å². The molecular weight excluding hydrogens is 190 g/mol. The van der Waals surface area contributed by atoms with Gasteiger partial charge in [0.2, 0.25) is 0 Å². The van der Waals surface area contributed by atoms with E-state index in [1.807, 2.05) is 30.3 Å². The lowest BCUT2D eigenvalue weighted by molar-refractivity contribution is 0.0796. The van der Waals surface area contributed by atoms with Crippen molar-refractivity contribution in [1.29, 1.82) is 0 Å². The quantitative estimate of drug-likeness (QED) is 0.708. The Morgan fingerprint density at radius 1 is 1.27 bits per heavy atom. The summed E-state index contributed by atoms with van der Waals surface area (Å²) in [5.74, 6) is 0.263. The van der Waals surface area contributed by atoms with Gasteiger partial charge in [-0.05, 0) is 24.4 Å². The molecule has 0 saturated heterocycles. The van der Waals surface area contributed by atoms with Gasteiger partial charge < -0.3 is 15.6 Å². The fourth-order valence-corrected chi connectivity index (χ4v) is 1.37. The predicted octanol–water partition coefficient (Wildman–Crippen LogP) is 1.16. The molecule has 0 fully saturated rings. The second-order valence-corrected chi connectivity index (χ2v) is 3.61. The van der Waals surface area contributed by atoms with E-state index in [0.29, 0.717) is 26.2 Å². The van der Waals surface area contributed by atoms with Crippen molar-refractivity contribution in [3.05, 3.63) is 35.9 Å². The Morgan fingerprint density at radius 3 is 2.60 bits per heavy atom. The van der Waals surface area contributed by atoms with Gasteiger partial charge >= 0.3 is 0 Å². The summed E-state index contributed by atoms with van der Waals surface area (Å²) in [5, 5.41) is 8.77. The van der Waals surface area contributed by atoms with Gasteiger partial charge in [-0.3, -0.25) is 0 Å². The van der Waals surface area contributed by atoms with Crippen LogP contribution in [0.1, 0.15) is 12.0 Å². The molecule has 1 rings (SSSR count). The van der Waals surface area contributed by atoms with E-state index in [2.05, 4.69) is 0 Å². The van der Waals surface area contributed by atoms with E-state index in [0.717, 1.165) is 5.56 Å². The van der Waals surface area contributed by atoms with Crippen molar-refractivity contribution in [2.24, 2.45) is 11.7 Å². The topological polar surface area (TPSA) is 55.5 Å². The summed E-state index contributed by atoms with van der Waals surface area (Å²) in [7, 11) is 0. The zero-order valence-electron chi connectivity index (χ0n) is 8.93. The molecule has 0 saturated carbocycles. The summed E-state index contributed by atoms with van der Waals surface area (Å²) < 4.78 is 5.53. The maximum absolute atomic E-state index is 8.77. The number of ether oxygens (including phenoxy) is 1. The predicted molar refractivity (Wildman–Crippen MR) is 60.3 cm³/mol. The number of hydrogen-bond donors (Lipinski definition) is 2. The van der Waals surface area contributed by atoms with Crippen LogP contribution in [0.2, 0.25) is 0 Å². The fourth-order valence-electron chi connectivity index (χ4n) is 1.37. The number of rotatable bonds is 7. The van der Waals surface area contributed by atoms with Crippen LogP contribution in [0, 0.1) is 5.92 Å². The summed E-state index contributed by atoms with van der Waals surface area (Å²) in [6.45, 7) is 1.97. The maximum atomic E-state index is 8.77. The van der Waals surface area contributed by atoms with Gasteiger partial charge in [0.05, 0.1) is 13.2 Å². The highest BCUT2D eigenvalue weighted by Crippen LogP contribution is 2.05. The highest BCUT2D eigenvalue weighted by atomic mass is 16.5. The molecule has 0 bridgehead atoms. The first-order chi connectivity index (χ1) is 7.36. The Balaban J connectivity index is 2.20. The molecule has 1 aromatic rings. The first-order valence-electron chi connectivity index (χ1n) is 5.29. The van der Waals surface area contributed by atoms with Crippen molar-refractivity contribution in [3.63, 3.8) is 0 Å². The zero-order valence-corrected chi connectivity index (χ0v) is 8.93. The van der Waals surface area contributed by atoms with Gasteiger partial charge in [0.1, 0.15) is 0 Å². The number of aliphatic hydroxyl groups is 1. The van der Waals surface area contributed by atoms with Crippen LogP contribution < -0.4 is 5.73 Å². The van der Waals surface area contributed by atoms with E-state index in [-0.39, 0.29) is 12.5 Å². The molecule has 0 radical (unpaired) electrons. The second kappa shape index (κ2) is 7.40. The van der Waals surface area contributed by atoms with Gasteiger partial charge in [-0.15, -0.1) is 0 Å². The zero-order chi connectivity index (χ0) is 10.9. The smallest absolute Gasteiger partial charge is 0.0717 e. The second-order valence-electron chi connectivity index (χ2n) is 3.61. The number of nitrogens with two attached hydrogens (primary N) is 1. The summed E-state index contributed by atoms with van der Waals surface area (Å²) >= 11 is 0. The number of hydrogen-bond acceptors (Lipinski definition) is 3. The lowest BCUT2D eigenvalue weighted by Crippen LogP contribution is -2.21. The first-order valence-corrected chi connectivity index (χ1v) is 5.29. The van der Waals surface area contributed by atoms with Crippen molar-refractivity contribution < 1.29 is 9.84 Å². The number of aliphatic hydroxyl groups excluding tert-OH is 1. The van der Waals surface area contributed by atoms with Crippen LogP contribution in [0.15, 0.2) is 30.3 Å². The molecule has 0 aliphatic rings. The Morgan fingerprint density at radius 2 is 2.00 bits per heavy atom. The molecule has 3 nitrogen and oxygen atoms in total. The average Bonchev–Trinajstić information content (AvgIpc) is 2.29. The largest absolute Gasteiger partial charge is 0.396 e. The maximum Gasteiger partial charge on any atom is 0.0717 e. The minimum atomic E-state index is 0.177. The SMILES string of the molecule is NCC(CCO)COCc1ccccc1. The molecule has 0 aromatic heterocycles. The lowest BCUT2D eigenvalue weighted by Gasteiger charge is -2.13. The van der Waals surface area contributed by atoms with Crippen LogP contribution in [0.5, 0.6) is 0 Å². The van der Waals surface area contributed by atoms with E-state index in [1.165, 1.54) is 0 Å². The van der Waals surface area contributed by atoms with Gasteiger partial charge in [-0.2, -0.15) is 0 Å². The third kappa shape index (κ3) is 4.93. The van der Waals surface area contributed by atoms with Crippen molar-refractivity contribution in [3.8, 4) is 0 Å². The molecule has 1 atom stereocenters. The molecule has 84 valence electrons. The summed E-state index contributed by atoms with van der Waals surface area (Å²) in [5.41, 5.74) is 6.71. The molecule has 3 heteroatoms. The minimum Gasteiger partial charge on any atom is -0.396 e. The lowest BCUT2D eigenvalue weighted by atomic mass is 10.1. The summed E-state index contributed by atoms with van der Waals surface area (Å²) in [4.78, 5) is 0. The molecule has 0 aliphatic carbocycles. The molecule has 1 unspecified atom stereocenters. The fraction of sp³-hybridized carbons (Fsp3) is 0.500. The van der Waals surface area contributed by atoms with Crippen LogP contribution in [-0.2, 0) is 11.3 Å². The Hall–Kier alpha value is -0.900. The van der Waals surface area contributed by atoms with Crippen molar-refractivity contribution >= 4 is 0 Å². The normalized spacial score (nSPS) is 12.7. The number of benzene rings is 1. The molecule has 0 amide bonds. The minimum absolute atomic E-state index is 0.177. The molecule has 0 heterocycles. The third-order valence-electron chi connectivity index (χ3n) is 2.34. The van der Waals surface area contributed by atoms with E-state index >= 15 is 0 Å². The summed E-state index contributed by atoms with van der Waals surface area (Å²) in [6.07, 6.45) is 0.714. The van der Waals surface area contributed by atoms with Gasteiger partial charge in [-0.1, -0.05) is 30.3 Å². The summed E-state index contributed by atoms with van der Waals surface area (Å²) in [6, 6.07) is 10.0. The van der Waals surface area contributed by atoms with Crippen LogP contribution in [0.25, 0.3) is 0 Å². The van der Waals surface area contributed by atoms with E-state index < -0.39 is 0 Å². The average molecular weight is 209 g/mol. The van der Waals surface area contributed by atoms with Crippen LogP contribution >= 0.6 is 0 Å². The Bertz CT molecular complexity index is 251. The van der Waals surface area contributed by atoms with Gasteiger partial charge in [-0.25, -0.2) is 0 Å². The van der Waals surface area contributed by atoms with Crippen molar-refractivity contribution in [2.75, 3.05) is 19.8 Å². The van der Waals surface area contributed by atoms with Crippen LogP contribution in [-0.4, -0.2) is 24.9 Å². The van der Waals surface area contributed by atoms with Crippen molar-refractivity contribution in [2.45, 2.75) is 13.0 Å². The van der Waals surface area contributed by atoms with E-state index in [4.69, 9.17) is 15.6 Å². The van der Waals surface area contributed by atoms with Crippen molar-refractivity contribution in [1.82, 2.24) is 0 Å². The highest BCUT2D eigenvalue weighted by molar-refractivity contribution is 5.13. The standard InChI is InChI=1S/C12H19NO2/c13-8-12(6-7-14)10-15-9-11-4-2-1-3-5-11/h1-5,12,14H,6-10,13H2. The van der Waals surface area contributed by atoms with E-state index in [1.54, 1.807) is 0 Å². The molecule has 15 heavy (non-hydrogen) atoms. The Labute approximate surface area is 90.9 Å². The van der Waals surface area contributed by atoms with Gasteiger partial charge in [0.15, 0.2) is 0 Å². The molecular formula is C12H19NO2.